The Morgan fingerprint density at radius 3 is 2.50 bits per heavy atom. The number of esters is 1. The van der Waals surface area contributed by atoms with Gasteiger partial charge in [-0.15, -0.1) is 0 Å². The maximum atomic E-state index is 13.2. The van der Waals surface area contributed by atoms with Crippen molar-refractivity contribution in [2.45, 2.75) is 58.0 Å². The average molecular weight is 529 g/mol. The second-order valence-corrected chi connectivity index (χ2v) is 10.9. The van der Waals surface area contributed by atoms with Gasteiger partial charge in [-0.2, -0.15) is 13.2 Å². The highest BCUT2D eigenvalue weighted by molar-refractivity contribution is 7.90. The van der Waals surface area contributed by atoms with Crippen LogP contribution in [0.3, 0.4) is 0 Å². The maximum Gasteiger partial charge on any atom is 0.418 e. The summed E-state index contributed by atoms with van der Waals surface area (Å²) in [7, 11) is -3.07. The Hall–Kier alpha value is -3.02. The summed E-state index contributed by atoms with van der Waals surface area (Å²) in [4.78, 5) is 17.1. The molecule has 198 valence electrons. The average Bonchev–Trinajstić information content (AvgIpc) is 3.18. The predicted octanol–water partition coefficient (Wildman–Crippen LogP) is 4.96. The van der Waals surface area contributed by atoms with Crippen LogP contribution in [0.5, 0.6) is 0 Å². The summed E-state index contributed by atoms with van der Waals surface area (Å²) >= 11 is 0. The van der Waals surface area contributed by atoms with E-state index in [2.05, 4.69) is 4.98 Å². The number of pyridine rings is 1. The van der Waals surface area contributed by atoms with Gasteiger partial charge < -0.3 is 14.7 Å². The Morgan fingerprint density at radius 2 is 1.97 bits per heavy atom. The second-order valence-electron chi connectivity index (χ2n) is 8.66. The van der Waals surface area contributed by atoms with Crippen molar-refractivity contribution in [2.24, 2.45) is 0 Å². The van der Waals surface area contributed by atoms with E-state index in [-0.39, 0.29) is 40.9 Å². The molecule has 2 aromatic rings. The minimum absolute atomic E-state index is 0.0643. The third-order valence-electron chi connectivity index (χ3n) is 5.83. The van der Waals surface area contributed by atoms with Crippen LogP contribution in [0.4, 0.5) is 13.2 Å². The fourth-order valence-electron chi connectivity index (χ4n) is 3.93. The smallest absolute Gasteiger partial charge is 0.418 e. The van der Waals surface area contributed by atoms with Crippen LogP contribution in [0.1, 0.15) is 77.8 Å². The van der Waals surface area contributed by atoms with E-state index in [0.717, 1.165) is 23.0 Å². The molecule has 0 fully saturated rings. The van der Waals surface area contributed by atoms with Crippen molar-refractivity contribution >= 4 is 27.9 Å². The summed E-state index contributed by atoms with van der Waals surface area (Å²) in [5.41, 5.74) is -0.195. The van der Waals surface area contributed by atoms with Gasteiger partial charge in [0, 0.05) is 36.3 Å². The minimum atomic E-state index is -4.58. The van der Waals surface area contributed by atoms with Gasteiger partial charge >= 0.3 is 12.1 Å². The molecule has 0 bridgehead atoms. The van der Waals surface area contributed by atoms with E-state index >= 15 is 0 Å². The third kappa shape index (κ3) is 7.25. The third-order valence-corrected chi connectivity index (χ3v) is 6.86. The molecule has 0 aliphatic rings. The molecule has 12 heteroatoms. The van der Waals surface area contributed by atoms with Gasteiger partial charge in [-0.25, -0.2) is 13.2 Å². The van der Waals surface area contributed by atoms with Crippen LogP contribution in [0.25, 0.3) is 0 Å². The predicted molar refractivity (Wildman–Crippen MR) is 131 cm³/mol. The summed E-state index contributed by atoms with van der Waals surface area (Å²) in [5.74, 6) is -2.14. The normalized spacial score (nSPS) is 13.8. The van der Waals surface area contributed by atoms with E-state index in [1.54, 1.807) is 6.92 Å². The van der Waals surface area contributed by atoms with Crippen LogP contribution in [-0.4, -0.2) is 54.6 Å². The summed E-state index contributed by atoms with van der Waals surface area (Å²) in [6, 6.07) is 2.34. The van der Waals surface area contributed by atoms with Gasteiger partial charge in [0.2, 0.25) is 0 Å². The molecule has 2 atom stereocenters. The number of aromatic nitrogens is 2. The van der Waals surface area contributed by atoms with Crippen LogP contribution in [-0.2, 0) is 20.8 Å². The first-order valence-corrected chi connectivity index (χ1v) is 13.5. The number of ether oxygens (including phenoxy) is 1. The largest absolute Gasteiger partial charge is 0.462 e. The van der Waals surface area contributed by atoms with E-state index in [0.29, 0.717) is 25.0 Å². The molecule has 2 N–H and O–H groups in total. The summed E-state index contributed by atoms with van der Waals surface area (Å²) in [6.45, 7) is 4.85. The number of carbonyl (C=O) groups excluding carboxylic acids is 1. The van der Waals surface area contributed by atoms with Crippen molar-refractivity contribution in [3.8, 4) is 0 Å². The monoisotopic (exact) mass is 528 g/mol. The standard InChI is InChI=1S/C24H31F3N4O4S/c1-5-35-23(32)18-12-17(14-30-21(18)15(2)8-6-7-11-36(4,33)34)19(13-28)22(29)31-10-9-20(16(31)3)24(25,26)27/h9-10,12-15,19,28-29H,5-8,11H2,1-4H3. The topological polar surface area (TPSA) is 126 Å². The van der Waals surface area contributed by atoms with Gasteiger partial charge in [0.05, 0.1) is 29.3 Å². The maximum absolute atomic E-state index is 13.2. The Balaban J connectivity index is 2.39. The number of hydrogen-bond donors (Lipinski definition) is 2. The number of halogens is 3. The minimum Gasteiger partial charge on any atom is -0.462 e. The highest BCUT2D eigenvalue weighted by atomic mass is 32.2. The fourth-order valence-corrected chi connectivity index (χ4v) is 4.66. The van der Waals surface area contributed by atoms with Crippen LogP contribution in [0.2, 0.25) is 0 Å². The highest BCUT2D eigenvalue weighted by Crippen LogP contribution is 2.33. The van der Waals surface area contributed by atoms with E-state index in [4.69, 9.17) is 15.6 Å². The molecule has 0 aliphatic heterocycles. The summed E-state index contributed by atoms with van der Waals surface area (Å²) in [5, 5.41) is 16.3. The second kappa shape index (κ2) is 11.8. The zero-order valence-corrected chi connectivity index (χ0v) is 21.5. The van der Waals surface area contributed by atoms with Crippen molar-refractivity contribution in [3.05, 3.63) is 52.6 Å². The SMILES string of the molecule is CCOC(=O)c1cc(C(C=N)C(=N)n2ccc(C(F)(F)F)c2C)cnc1C(C)CCCCS(C)(=O)=O. The molecule has 2 heterocycles. The van der Waals surface area contributed by atoms with E-state index in [1.807, 2.05) is 6.92 Å². The molecular formula is C24H31F3N4O4S. The molecular weight excluding hydrogens is 497 g/mol. The number of hydrogen-bond acceptors (Lipinski definition) is 7. The van der Waals surface area contributed by atoms with Crippen LogP contribution in [0.15, 0.2) is 24.5 Å². The van der Waals surface area contributed by atoms with Gasteiger partial charge in [0.25, 0.3) is 0 Å². The molecule has 8 nitrogen and oxygen atoms in total. The number of alkyl halides is 3. The number of sulfone groups is 1. The fraction of sp³-hybridized carbons (Fsp3) is 0.500. The van der Waals surface area contributed by atoms with E-state index in [1.165, 1.54) is 25.4 Å². The molecule has 0 aliphatic carbocycles. The lowest BCUT2D eigenvalue weighted by Crippen LogP contribution is -2.23. The van der Waals surface area contributed by atoms with Crippen LogP contribution < -0.4 is 0 Å². The van der Waals surface area contributed by atoms with Gasteiger partial charge in [0.1, 0.15) is 15.7 Å². The van der Waals surface area contributed by atoms with Gasteiger partial charge in [-0.1, -0.05) is 13.3 Å². The highest BCUT2D eigenvalue weighted by Gasteiger charge is 2.35. The van der Waals surface area contributed by atoms with E-state index in [9.17, 15) is 26.4 Å². The van der Waals surface area contributed by atoms with Crippen LogP contribution in [0, 0.1) is 17.7 Å². The molecule has 2 unspecified atom stereocenters. The van der Waals surface area contributed by atoms with Gasteiger partial charge in [-0.05, 0) is 50.3 Å². The van der Waals surface area contributed by atoms with Crippen molar-refractivity contribution in [3.63, 3.8) is 0 Å². The van der Waals surface area contributed by atoms with Gasteiger partial charge in [-0.3, -0.25) is 10.4 Å². The lowest BCUT2D eigenvalue weighted by molar-refractivity contribution is -0.138. The van der Waals surface area contributed by atoms with Crippen molar-refractivity contribution in [1.82, 2.24) is 9.55 Å². The first-order valence-electron chi connectivity index (χ1n) is 11.4. The molecule has 0 amide bonds. The Kier molecular flexibility index (Phi) is 9.58. The number of unbranched alkanes of at least 4 members (excludes halogenated alkanes) is 1. The quantitative estimate of drug-likeness (QED) is 0.184. The summed E-state index contributed by atoms with van der Waals surface area (Å²) < 4.78 is 68.6. The van der Waals surface area contributed by atoms with Gasteiger partial charge in [0.15, 0.2) is 0 Å². The number of carbonyl (C=O) groups is 1. The molecule has 0 aromatic carbocycles. The van der Waals surface area contributed by atoms with E-state index < -0.39 is 33.5 Å². The summed E-state index contributed by atoms with van der Waals surface area (Å²) in [6.07, 6.45) is 1.68. The Morgan fingerprint density at radius 1 is 1.31 bits per heavy atom. The molecule has 0 spiro atoms. The molecule has 2 rings (SSSR count). The number of nitrogens with one attached hydrogen (secondary N) is 2. The molecule has 0 radical (unpaired) electrons. The zero-order valence-electron chi connectivity index (χ0n) is 20.6. The molecule has 2 aromatic heterocycles. The molecule has 0 saturated heterocycles. The molecule has 36 heavy (non-hydrogen) atoms. The van der Waals surface area contributed by atoms with Crippen molar-refractivity contribution < 1.29 is 31.1 Å². The number of nitrogens with zero attached hydrogens (tertiary/aromatic N) is 2. The first-order chi connectivity index (χ1) is 16.7. The lowest BCUT2D eigenvalue weighted by Gasteiger charge is -2.20. The van der Waals surface area contributed by atoms with Crippen LogP contribution >= 0.6 is 0 Å². The Labute approximate surface area is 208 Å². The Bertz CT molecular complexity index is 1220. The first kappa shape index (κ1) is 29.2. The van der Waals surface area contributed by atoms with Crippen molar-refractivity contribution in [1.29, 1.82) is 10.8 Å². The van der Waals surface area contributed by atoms with Crippen molar-refractivity contribution in [2.75, 3.05) is 18.6 Å². The lowest BCUT2D eigenvalue weighted by atomic mass is 9.92. The molecule has 0 saturated carbocycles. The number of rotatable bonds is 11. The zero-order chi connectivity index (χ0) is 27.3.